The Morgan fingerprint density at radius 1 is 0.833 bits per heavy atom. The number of benzene rings is 3. The summed E-state index contributed by atoms with van der Waals surface area (Å²) in [4.78, 5) is 24.4. The molecule has 2 amide bonds. The first-order valence-corrected chi connectivity index (χ1v) is 10.3. The maximum absolute atomic E-state index is 12.3. The van der Waals surface area contributed by atoms with Crippen molar-refractivity contribution in [3.05, 3.63) is 78.4 Å². The van der Waals surface area contributed by atoms with Gasteiger partial charge in [0.05, 0.1) is 6.42 Å². The number of hydrogen-bond acceptors (Lipinski definition) is 2. The van der Waals surface area contributed by atoms with Crippen LogP contribution in [0.15, 0.2) is 72.8 Å². The summed E-state index contributed by atoms with van der Waals surface area (Å²) < 4.78 is 2.28. The van der Waals surface area contributed by atoms with Crippen molar-refractivity contribution in [1.29, 1.82) is 0 Å². The van der Waals surface area contributed by atoms with Crippen LogP contribution in [0.1, 0.15) is 18.9 Å². The Morgan fingerprint density at radius 3 is 2.37 bits per heavy atom. The quantitative estimate of drug-likeness (QED) is 0.481. The van der Waals surface area contributed by atoms with Crippen LogP contribution in [0.25, 0.3) is 21.8 Å². The molecule has 1 heterocycles. The van der Waals surface area contributed by atoms with Crippen molar-refractivity contribution in [3.8, 4) is 0 Å². The molecule has 4 rings (SSSR count). The molecule has 0 atom stereocenters. The number of aromatic nitrogens is 1. The van der Waals surface area contributed by atoms with Crippen LogP contribution in [-0.4, -0.2) is 22.9 Å². The van der Waals surface area contributed by atoms with Crippen LogP contribution in [0.3, 0.4) is 0 Å². The molecule has 30 heavy (non-hydrogen) atoms. The fourth-order valence-corrected chi connectivity index (χ4v) is 3.85. The molecule has 0 bridgehead atoms. The summed E-state index contributed by atoms with van der Waals surface area (Å²) in [7, 11) is 0. The average molecular weight is 399 g/mol. The minimum absolute atomic E-state index is 0.0807. The van der Waals surface area contributed by atoms with Crippen LogP contribution in [-0.2, 0) is 22.6 Å². The lowest BCUT2D eigenvalue weighted by Crippen LogP contribution is -2.28. The van der Waals surface area contributed by atoms with Gasteiger partial charge in [0.2, 0.25) is 11.8 Å². The lowest BCUT2D eigenvalue weighted by molar-refractivity contribution is -0.120. The predicted molar refractivity (Wildman–Crippen MR) is 122 cm³/mol. The third-order valence-corrected chi connectivity index (χ3v) is 5.25. The van der Waals surface area contributed by atoms with Gasteiger partial charge in [0.15, 0.2) is 0 Å². The van der Waals surface area contributed by atoms with Gasteiger partial charge in [0.1, 0.15) is 0 Å². The average Bonchev–Trinajstić information content (AvgIpc) is 3.07. The molecule has 0 saturated carbocycles. The molecule has 0 aliphatic heterocycles. The minimum Gasteiger partial charge on any atom is -0.355 e. The minimum atomic E-state index is -0.117. The Balaban J connectivity index is 1.37. The van der Waals surface area contributed by atoms with Crippen molar-refractivity contribution in [2.24, 2.45) is 0 Å². The number of nitrogens with one attached hydrogen (secondary N) is 2. The van der Waals surface area contributed by atoms with Crippen LogP contribution < -0.4 is 10.6 Å². The van der Waals surface area contributed by atoms with E-state index in [1.165, 1.54) is 10.9 Å². The molecular formula is C25H25N3O2. The first-order chi connectivity index (χ1) is 14.7. The van der Waals surface area contributed by atoms with Crippen molar-refractivity contribution in [3.63, 3.8) is 0 Å². The van der Waals surface area contributed by atoms with Gasteiger partial charge in [0.25, 0.3) is 0 Å². The normalized spacial score (nSPS) is 11.0. The van der Waals surface area contributed by atoms with Gasteiger partial charge in [-0.25, -0.2) is 0 Å². The SMILES string of the molecule is CCn1c2ccccc2c2cc(NC(=O)CCNC(=O)Cc3ccccc3)ccc21. The van der Waals surface area contributed by atoms with Crippen molar-refractivity contribution in [2.45, 2.75) is 26.3 Å². The van der Waals surface area contributed by atoms with Gasteiger partial charge in [0, 0.05) is 47.0 Å². The molecule has 0 radical (unpaired) electrons. The van der Waals surface area contributed by atoms with Crippen LogP contribution in [0.5, 0.6) is 0 Å². The first-order valence-electron chi connectivity index (χ1n) is 10.3. The number of rotatable bonds is 7. The first kappa shape index (κ1) is 19.7. The monoisotopic (exact) mass is 399 g/mol. The van der Waals surface area contributed by atoms with Gasteiger partial charge in [-0.2, -0.15) is 0 Å². The number of carbonyl (C=O) groups is 2. The van der Waals surface area contributed by atoms with E-state index in [0.717, 1.165) is 28.7 Å². The Bertz CT molecular complexity index is 1200. The van der Waals surface area contributed by atoms with Crippen LogP contribution in [0.4, 0.5) is 5.69 Å². The van der Waals surface area contributed by atoms with Crippen molar-refractivity contribution in [1.82, 2.24) is 9.88 Å². The number of anilines is 1. The highest BCUT2D eigenvalue weighted by atomic mass is 16.2. The van der Waals surface area contributed by atoms with Crippen LogP contribution >= 0.6 is 0 Å². The number of carbonyl (C=O) groups excluding carboxylic acids is 2. The second-order valence-corrected chi connectivity index (χ2v) is 7.30. The van der Waals surface area contributed by atoms with Crippen molar-refractivity contribution < 1.29 is 9.59 Å². The number of para-hydroxylation sites is 1. The van der Waals surface area contributed by atoms with Crippen LogP contribution in [0.2, 0.25) is 0 Å². The molecule has 0 saturated heterocycles. The van der Waals surface area contributed by atoms with E-state index in [2.05, 4.69) is 40.3 Å². The number of hydrogen-bond donors (Lipinski definition) is 2. The predicted octanol–water partition coefficient (Wildman–Crippen LogP) is 4.50. The Morgan fingerprint density at radius 2 is 1.57 bits per heavy atom. The largest absolute Gasteiger partial charge is 0.355 e. The standard InChI is InChI=1S/C25H25N3O2/c1-2-28-22-11-7-6-10-20(22)21-17-19(12-13-23(21)28)27-24(29)14-15-26-25(30)16-18-8-4-3-5-9-18/h3-13,17H,2,14-16H2,1H3,(H,26,30)(H,27,29). The van der Waals surface area contributed by atoms with E-state index >= 15 is 0 Å². The van der Waals surface area contributed by atoms with Crippen LogP contribution in [0, 0.1) is 0 Å². The molecule has 5 nitrogen and oxygen atoms in total. The van der Waals surface area contributed by atoms with Gasteiger partial charge in [-0.3, -0.25) is 9.59 Å². The molecule has 0 aliphatic rings. The molecule has 2 N–H and O–H groups in total. The fourth-order valence-electron chi connectivity index (χ4n) is 3.85. The molecule has 0 spiro atoms. The van der Waals surface area contributed by atoms with E-state index in [1.807, 2.05) is 54.6 Å². The van der Waals surface area contributed by atoms with E-state index in [9.17, 15) is 9.59 Å². The highest BCUT2D eigenvalue weighted by Gasteiger charge is 2.11. The fraction of sp³-hybridized carbons (Fsp3) is 0.200. The number of nitrogens with zero attached hydrogens (tertiary/aromatic N) is 1. The highest BCUT2D eigenvalue weighted by Crippen LogP contribution is 2.30. The maximum Gasteiger partial charge on any atom is 0.226 e. The van der Waals surface area contributed by atoms with Crippen molar-refractivity contribution in [2.75, 3.05) is 11.9 Å². The van der Waals surface area contributed by atoms with Gasteiger partial charge >= 0.3 is 0 Å². The third-order valence-electron chi connectivity index (χ3n) is 5.25. The van der Waals surface area contributed by atoms with Gasteiger partial charge in [-0.15, -0.1) is 0 Å². The Kier molecular flexibility index (Phi) is 5.80. The Hall–Kier alpha value is -3.60. The number of aryl methyl sites for hydroxylation is 1. The molecule has 0 unspecified atom stereocenters. The van der Waals surface area contributed by atoms with E-state index in [0.29, 0.717) is 13.0 Å². The molecule has 0 aliphatic carbocycles. The molecule has 0 fully saturated rings. The van der Waals surface area contributed by atoms with Gasteiger partial charge < -0.3 is 15.2 Å². The molecular weight excluding hydrogens is 374 g/mol. The molecule has 4 aromatic rings. The van der Waals surface area contributed by atoms with Gasteiger partial charge in [-0.05, 0) is 36.8 Å². The summed E-state index contributed by atoms with van der Waals surface area (Å²) in [6.07, 6.45) is 0.551. The summed E-state index contributed by atoms with van der Waals surface area (Å²) in [5, 5.41) is 8.07. The van der Waals surface area contributed by atoms with Crippen molar-refractivity contribution >= 4 is 39.3 Å². The highest BCUT2D eigenvalue weighted by molar-refractivity contribution is 6.09. The molecule has 3 aromatic carbocycles. The second kappa shape index (κ2) is 8.82. The summed E-state index contributed by atoms with van der Waals surface area (Å²) in [6, 6.07) is 23.9. The Labute approximate surface area is 175 Å². The van der Waals surface area contributed by atoms with E-state index < -0.39 is 0 Å². The number of amides is 2. The summed E-state index contributed by atoms with van der Waals surface area (Å²) in [5.74, 6) is -0.198. The summed E-state index contributed by atoms with van der Waals surface area (Å²) in [5.41, 5.74) is 4.07. The zero-order valence-corrected chi connectivity index (χ0v) is 17.0. The topological polar surface area (TPSA) is 63.1 Å². The number of fused-ring (bicyclic) bond motifs is 3. The van der Waals surface area contributed by atoms with E-state index in [-0.39, 0.29) is 18.2 Å². The molecule has 1 aromatic heterocycles. The zero-order valence-electron chi connectivity index (χ0n) is 17.0. The summed E-state index contributed by atoms with van der Waals surface area (Å²) in [6.45, 7) is 3.33. The molecule has 152 valence electrons. The summed E-state index contributed by atoms with van der Waals surface area (Å²) >= 11 is 0. The van der Waals surface area contributed by atoms with Gasteiger partial charge in [-0.1, -0.05) is 48.5 Å². The molecule has 5 heteroatoms. The lowest BCUT2D eigenvalue weighted by Gasteiger charge is -2.08. The maximum atomic E-state index is 12.3. The zero-order chi connectivity index (χ0) is 20.9. The lowest BCUT2D eigenvalue weighted by atomic mass is 10.1. The van der Waals surface area contributed by atoms with E-state index in [1.54, 1.807) is 0 Å². The third kappa shape index (κ3) is 4.20. The smallest absolute Gasteiger partial charge is 0.226 e. The second-order valence-electron chi connectivity index (χ2n) is 7.30. The van der Waals surface area contributed by atoms with E-state index in [4.69, 9.17) is 0 Å².